The Labute approximate surface area is 191 Å². The Morgan fingerprint density at radius 2 is 0.571 bits per heavy atom. The van der Waals surface area contributed by atoms with E-state index in [1.807, 2.05) is 0 Å². The molecule has 0 aliphatic heterocycles. The third-order valence-electron chi connectivity index (χ3n) is 6.23. The normalized spacial score (nSPS) is 11.6. The molecule has 0 saturated heterocycles. The molecule has 0 aliphatic rings. The van der Waals surface area contributed by atoms with Gasteiger partial charge in [-0.3, -0.25) is 0 Å². The maximum Gasteiger partial charge on any atom is 0.0589 e. The van der Waals surface area contributed by atoms with Gasteiger partial charge in [0.25, 0.3) is 0 Å². The van der Waals surface area contributed by atoms with Crippen LogP contribution in [0.5, 0.6) is 0 Å². The van der Waals surface area contributed by atoms with Crippen LogP contribution < -0.4 is 17.0 Å². The number of halogens is 1. The van der Waals surface area contributed by atoms with Crippen molar-refractivity contribution in [2.45, 2.75) is 142 Å². The van der Waals surface area contributed by atoms with E-state index in [1.165, 1.54) is 128 Å². The molecule has 172 valence electrons. The van der Waals surface area contributed by atoms with Crippen molar-refractivity contribution in [2.75, 3.05) is 25.7 Å². The Morgan fingerprint density at radius 1 is 0.357 bits per heavy atom. The van der Waals surface area contributed by atoms with E-state index in [0.717, 1.165) is 0 Å². The minimum absolute atomic E-state index is 0. The number of unbranched alkanes of at least 4 members (excludes halogenated alkanes) is 18. The molecule has 0 aromatic rings. The summed E-state index contributed by atoms with van der Waals surface area (Å²) in [4.78, 5) is 0. The summed E-state index contributed by atoms with van der Waals surface area (Å²) < 4.78 is 0. The quantitative estimate of drug-likeness (QED) is 0.115. The molecule has 0 saturated carbocycles. The number of rotatable bonds is 22. The van der Waals surface area contributed by atoms with Crippen LogP contribution in [0.25, 0.3) is 0 Å². The van der Waals surface area contributed by atoms with Crippen LogP contribution in [-0.2, 0) is 0 Å². The van der Waals surface area contributed by atoms with E-state index in [9.17, 15) is 0 Å². The van der Waals surface area contributed by atoms with Crippen molar-refractivity contribution < 1.29 is 17.0 Å². The molecule has 0 aromatic heterocycles. The second-order valence-corrected chi connectivity index (χ2v) is 14.5. The minimum atomic E-state index is -0.590. The number of hydrogen-bond acceptors (Lipinski definition) is 0. The first kappa shape index (κ1) is 31.1. The summed E-state index contributed by atoms with van der Waals surface area (Å²) in [6, 6.07) is 0. The van der Waals surface area contributed by atoms with Crippen molar-refractivity contribution in [1.82, 2.24) is 0 Å². The zero-order valence-corrected chi connectivity index (χ0v) is 22.9. The Kier molecular flexibility index (Phi) is 26.9. The zero-order chi connectivity index (χ0) is 20.1. The van der Waals surface area contributed by atoms with Gasteiger partial charge in [-0.2, -0.15) is 0 Å². The monoisotopic (exact) mass is 478 g/mol. The Balaban J connectivity index is 0. The van der Waals surface area contributed by atoms with Crippen molar-refractivity contribution in [3.8, 4) is 0 Å². The van der Waals surface area contributed by atoms with Gasteiger partial charge in [-0.25, -0.2) is 0 Å². The fourth-order valence-corrected chi connectivity index (χ4v) is 6.55. The lowest BCUT2D eigenvalue weighted by molar-refractivity contribution is -0.00000629. The van der Waals surface area contributed by atoms with E-state index in [4.69, 9.17) is 0 Å². The Morgan fingerprint density at radius 3 is 0.821 bits per heavy atom. The maximum atomic E-state index is 2.62. The minimum Gasteiger partial charge on any atom is -1.00 e. The molecule has 0 unspecified atom stereocenters. The standard InChI is InChI=1S/C26H56P.BrH/c1-5-7-9-11-13-15-17-19-21-23-25-27(3,4)26-24-22-20-18-16-14-12-10-8-6-2;/h5-26H2,1-4H3;1H/q+1;/p-1. The van der Waals surface area contributed by atoms with E-state index in [2.05, 4.69) is 27.2 Å². The van der Waals surface area contributed by atoms with Gasteiger partial charge in [-0.15, -0.1) is 0 Å². The first-order valence-corrected chi connectivity index (χ1v) is 16.0. The lowest BCUT2D eigenvalue weighted by Crippen LogP contribution is -3.00. The predicted octanol–water partition coefficient (Wildman–Crippen LogP) is 7.11. The topological polar surface area (TPSA) is 0 Å². The van der Waals surface area contributed by atoms with E-state index in [1.54, 1.807) is 12.3 Å². The smallest absolute Gasteiger partial charge is 0.0589 e. The van der Waals surface area contributed by atoms with Crippen LogP contribution in [0.15, 0.2) is 0 Å². The molecular formula is C26H56BrP. The van der Waals surface area contributed by atoms with Crippen LogP contribution in [0.3, 0.4) is 0 Å². The fraction of sp³-hybridized carbons (Fsp3) is 1.00. The molecule has 0 spiro atoms. The highest BCUT2D eigenvalue weighted by Gasteiger charge is 2.23. The molecule has 0 nitrogen and oxygen atoms in total. The highest BCUT2D eigenvalue weighted by atomic mass is 79.9. The van der Waals surface area contributed by atoms with Crippen molar-refractivity contribution in [1.29, 1.82) is 0 Å². The van der Waals surface area contributed by atoms with Crippen LogP contribution in [0.1, 0.15) is 142 Å². The largest absolute Gasteiger partial charge is 1.00 e. The van der Waals surface area contributed by atoms with E-state index in [0.29, 0.717) is 0 Å². The van der Waals surface area contributed by atoms with E-state index < -0.39 is 7.26 Å². The highest BCUT2D eigenvalue weighted by Crippen LogP contribution is 2.52. The summed E-state index contributed by atoms with van der Waals surface area (Å²) in [6.45, 7) is 9.85. The maximum absolute atomic E-state index is 2.62. The van der Waals surface area contributed by atoms with Crippen LogP contribution in [0.2, 0.25) is 0 Å². The summed E-state index contributed by atoms with van der Waals surface area (Å²) in [5.74, 6) is 0. The third kappa shape index (κ3) is 24.9. The van der Waals surface area contributed by atoms with Crippen LogP contribution in [0, 0.1) is 0 Å². The van der Waals surface area contributed by atoms with E-state index in [-0.39, 0.29) is 17.0 Å². The summed E-state index contributed by atoms with van der Waals surface area (Å²) in [5.41, 5.74) is 0. The van der Waals surface area contributed by atoms with Crippen LogP contribution >= 0.6 is 7.26 Å². The molecule has 0 bridgehead atoms. The molecule has 0 radical (unpaired) electrons. The summed E-state index contributed by atoms with van der Waals surface area (Å²) in [6.07, 6.45) is 32.5. The zero-order valence-electron chi connectivity index (χ0n) is 20.4. The van der Waals surface area contributed by atoms with Gasteiger partial charge in [-0.05, 0) is 25.7 Å². The van der Waals surface area contributed by atoms with Gasteiger partial charge in [0.1, 0.15) is 0 Å². The third-order valence-corrected chi connectivity index (χ3v) is 9.29. The molecule has 0 atom stereocenters. The van der Waals surface area contributed by atoms with Gasteiger partial charge >= 0.3 is 0 Å². The SMILES string of the molecule is CCCCCCCCCCCC[P+](C)(C)CCCCCCCCCCCC.[Br-]. The van der Waals surface area contributed by atoms with Gasteiger partial charge in [0.15, 0.2) is 0 Å². The average Bonchev–Trinajstić information content (AvgIpc) is 2.64. The first-order chi connectivity index (χ1) is 13.1. The summed E-state index contributed by atoms with van der Waals surface area (Å²) >= 11 is 0. The van der Waals surface area contributed by atoms with Crippen molar-refractivity contribution >= 4 is 7.26 Å². The molecule has 0 aliphatic carbocycles. The van der Waals surface area contributed by atoms with Gasteiger partial charge in [0.05, 0.1) is 12.3 Å². The molecule has 0 aromatic carbocycles. The van der Waals surface area contributed by atoms with Gasteiger partial charge < -0.3 is 17.0 Å². The molecule has 2 heteroatoms. The van der Waals surface area contributed by atoms with Gasteiger partial charge in [0, 0.05) is 20.6 Å². The Hall–Kier alpha value is 0.910. The number of hydrogen-bond donors (Lipinski definition) is 0. The molecule has 0 rings (SSSR count). The summed E-state index contributed by atoms with van der Waals surface area (Å²) in [7, 11) is -0.590. The first-order valence-electron chi connectivity index (χ1n) is 12.9. The Bertz CT molecular complexity index is 252. The highest BCUT2D eigenvalue weighted by molar-refractivity contribution is 7.74. The molecular weight excluding hydrogens is 423 g/mol. The van der Waals surface area contributed by atoms with Crippen LogP contribution in [0.4, 0.5) is 0 Å². The van der Waals surface area contributed by atoms with Gasteiger partial charge in [-0.1, -0.05) is 117 Å². The lowest BCUT2D eigenvalue weighted by atomic mass is 10.1. The second-order valence-electron chi connectivity index (χ2n) is 9.75. The molecule has 0 amide bonds. The summed E-state index contributed by atoms with van der Waals surface area (Å²) in [5, 5.41) is 0. The average molecular weight is 480 g/mol. The lowest BCUT2D eigenvalue weighted by Gasteiger charge is -2.18. The molecule has 0 fully saturated rings. The van der Waals surface area contributed by atoms with Crippen molar-refractivity contribution in [3.05, 3.63) is 0 Å². The van der Waals surface area contributed by atoms with E-state index >= 15 is 0 Å². The van der Waals surface area contributed by atoms with Gasteiger partial charge in [0.2, 0.25) is 0 Å². The molecule has 0 N–H and O–H groups in total. The predicted molar refractivity (Wildman–Crippen MR) is 132 cm³/mol. The van der Waals surface area contributed by atoms with Crippen molar-refractivity contribution in [2.24, 2.45) is 0 Å². The molecule has 28 heavy (non-hydrogen) atoms. The molecule has 0 heterocycles. The second kappa shape index (κ2) is 24.2. The van der Waals surface area contributed by atoms with Crippen molar-refractivity contribution in [3.63, 3.8) is 0 Å². The fourth-order valence-electron chi connectivity index (χ4n) is 4.17. The van der Waals surface area contributed by atoms with Crippen LogP contribution in [-0.4, -0.2) is 25.7 Å².